The van der Waals surface area contributed by atoms with Crippen LogP contribution in [0.3, 0.4) is 0 Å². The Labute approximate surface area is 119 Å². The van der Waals surface area contributed by atoms with Crippen molar-refractivity contribution < 1.29 is 4.74 Å². The van der Waals surface area contributed by atoms with Gasteiger partial charge in [-0.3, -0.25) is 4.90 Å². The third kappa shape index (κ3) is 4.17. The predicted molar refractivity (Wildman–Crippen MR) is 80.4 cm³/mol. The summed E-state index contributed by atoms with van der Waals surface area (Å²) >= 11 is 0. The highest BCUT2D eigenvalue weighted by Crippen LogP contribution is 2.25. The Hall–Kier alpha value is -0.120. The maximum Gasteiger partial charge on any atom is 0.0510 e. The van der Waals surface area contributed by atoms with Gasteiger partial charge in [-0.25, -0.2) is 0 Å². The molecule has 4 atom stereocenters. The molecular weight excluding hydrogens is 236 g/mol. The molecule has 1 N–H and O–H groups in total. The van der Waals surface area contributed by atoms with E-state index in [4.69, 9.17) is 4.74 Å². The molecule has 3 nitrogen and oxygen atoms in total. The monoisotopic (exact) mass is 268 g/mol. The molecule has 112 valence electrons. The Morgan fingerprint density at radius 3 is 2.84 bits per heavy atom. The summed E-state index contributed by atoms with van der Waals surface area (Å²) in [4.78, 5) is 2.71. The van der Waals surface area contributed by atoms with Crippen LogP contribution in [0.5, 0.6) is 0 Å². The van der Waals surface area contributed by atoms with Gasteiger partial charge in [0, 0.05) is 31.2 Å². The highest BCUT2D eigenvalue weighted by atomic mass is 16.5. The molecule has 2 fully saturated rings. The minimum absolute atomic E-state index is 0.621. The van der Waals surface area contributed by atoms with Crippen molar-refractivity contribution >= 4 is 0 Å². The van der Waals surface area contributed by atoms with Crippen molar-refractivity contribution in [2.24, 2.45) is 11.8 Å². The third-order valence-electron chi connectivity index (χ3n) is 5.13. The lowest BCUT2D eigenvalue weighted by Crippen LogP contribution is -2.51. The molecule has 4 unspecified atom stereocenters. The molecule has 0 saturated carbocycles. The number of piperidine rings is 1. The molecule has 2 aliphatic heterocycles. The van der Waals surface area contributed by atoms with Crippen LogP contribution in [0, 0.1) is 11.8 Å². The van der Waals surface area contributed by atoms with Crippen molar-refractivity contribution in [2.75, 3.05) is 32.8 Å². The summed E-state index contributed by atoms with van der Waals surface area (Å²) in [5, 5.41) is 3.77. The fraction of sp³-hybridized carbons (Fsp3) is 1.00. The van der Waals surface area contributed by atoms with Crippen molar-refractivity contribution in [1.82, 2.24) is 10.2 Å². The second kappa shape index (κ2) is 7.61. The van der Waals surface area contributed by atoms with Crippen molar-refractivity contribution in [3.05, 3.63) is 0 Å². The van der Waals surface area contributed by atoms with Crippen LogP contribution >= 0.6 is 0 Å². The first-order valence-electron chi connectivity index (χ1n) is 8.27. The average molecular weight is 268 g/mol. The van der Waals surface area contributed by atoms with Crippen LogP contribution in [-0.2, 0) is 4.74 Å². The van der Waals surface area contributed by atoms with E-state index in [1.54, 1.807) is 0 Å². The number of rotatable bonds is 6. The molecular formula is C16H32N2O. The molecule has 2 heterocycles. The van der Waals surface area contributed by atoms with Gasteiger partial charge in [-0.05, 0) is 51.6 Å². The molecule has 0 aromatic carbocycles. The number of hydrogen-bond donors (Lipinski definition) is 1. The molecule has 2 aliphatic rings. The number of nitrogens with one attached hydrogen (secondary N) is 1. The van der Waals surface area contributed by atoms with E-state index in [2.05, 4.69) is 31.0 Å². The van der Waals surface area contributed by atoms with E-state index in [9.17, 15) is 0 Å². The maximum absolute atomic E-state index is 5.60. The minimum atomic E-state index is 0.621. The minimum Gasteiger partial charge on any atom is -0.381 e. The Morgan fingerprint density at radius 2 is 2.16 bits per heavy atom. The van der Waals surface area contributed by atoms with Gasteiger partial charge in [0.15, 0.2) is 0 Å². The number of nitrogens with zero attached hydrogens (tertiary/aromatic N) is 1. The predicted octanol–water partition coefficient (Wildman–Crippen LogP) is 2.51. The average Bonchev–Trinajstić information content (AvgIpc) is 2.93. The highest BCUT2D eigenvalue weighted by molar-refractivity contribution is 4.86. The van der Waals surface area contributed by atoms with Gasteiger partial charge in [0.25, 0.3) is 0 Å². The SMILES string of the molecule is CCCNC(CN1CCCC(C)C1C)C1CCOC1. The summed E-state index contributed by atoms with van der Waals surface area (Å²) in [6, 6.07) is 1.36. The lowest BCUT2D eigenvalue weighted by Gasteiger charge is -2.41. The molecule has 3 heteroatoms. The Kier molecular flexibility index (Phi) is 6.11. The lowest BCUT2D eigenvalue weighted by molar-refractivity contribution is 0.0878. The first-order chi connectivity index (χ1) is 9.22. The van der Waals surface area contributed by atoms with Crippen molar-refractivity contribution in [3.63, 3.8) is 0 Å². The van der Waals surface area contributed by atoms with Gasteiger partial charge in [0.1, 0.15) is 0 Å². The summed E-state index contributed by atoms with van der Waals surface area (Å²) in [6.45, 7) is 12.6. The largest absolute Gasteiger partial charge is 0.381 e. The number of hydrogen-bond acceptors (Lipinski definition) is 3. The topological polar surface area (TPSA) is 24.5 Å². The fourth-order valence-corrected chi connectivity index (χ4v) is 3.51. The standard InChI is InChI=1S/C16H32N2O/c1-4-8-17-16(15-7-10-19-12-15)11-18-9-5-6-13(2)14(18)3/h13-17H,4-12H2,1-3H3. The van der Waals surface area contributed by atoms with Gasteiger partial charge in [0.2, 0.25) is 0 Å². The molecule has 2 rings (SSSR count). The third-order valence-corrected chi connectivity index (χ3v) is 5.13. The van der Waals surface area contributed by atoms with E-state index in [1.165, 1.54) is 38.8 Å². The summed E-state index contributed by atoms with van der Waals surface area (Å²) in [6.07, 6.45) is 5.22. The molecule has 0 spiro atoms. The van der Waals surface area contributed by atoms with Crippen molar-refractivity contribution in [1.29, 1.82) is 0 Å². The van der Waals surface area contributed by atoms with Crippen molar-refractivity contribution in [3.8, 4) is 0 Å². The quantitative estimate of drug-likeness (QED) is 0.801. The van der Waals surface area contributed by atoms with Crippen LogP contribution in [0.2, 0.25) is 0 Å². The first kappa shape index (κ1) is 15.3. The molecule has 0 radical (unpaired) electrons. The van der Waals surface area contributed by atoms with E-state index >= 15 is 0 Å². The molecule has 2 saturated heterocycles. The van der Waals surface area contributed by atoms with Crippen LogP contribution in [-0.4, -0.2) is 49.8 Å². The lowest BCUT2D eigenvalue weighted by atomic mass is 9.90. The number of likely N-dealkylation sites (tertiary alicyclic amines) is 1. The van der Waals surface area contributed by atoms with Gasteiger partial charge in [-0.2, -0.15) is 0 Å². The zero-order valence-electron chi connectivity index (χ0n) is 13.0. The van der Waals surface area contributed by atoms with Crippen molar-refractivity contribution in [2.45, 2.75) is 58.5 Å². The second-order valence-corrected chi connectivity index (χ2v) is 6.54. The van der Waals surface area contributed by atoms with Crippen LogP contribution in [0.1, 0.15) is 46.5 Å². The van der Waals surface area contributed by atoms with Gasteiger partial charge in [-0.1, -0.05) is 13.8 Å². The Balaban J connectivity index is 1.90. The first-order valence-corrected chi connectivity index (χ1v) is 8.27. The molecule has 0 bridgehead atoms. The van der Waals surface area contributed by atoms with Gasteiger partial charge < -0.3 is 10.1 Å². The summed E-state index contributed by atoms with van der Waals surface area (Å²) in [5.74, 6) is 1.57. The molecule has 0 aliphatic carbocycles. The van der Waals surface area contributed by atoms with Crippen LogP contribution < -0.4 is 5.32 Å². The summed E-state index contributed by atoms with van der Waals surface area (Å²) in [5.41, 5.74) is 0. The smallest absolute Gasteiger partial charge is 0.0510 e. The molecule has 0 amide bonds. The van der Waals surface area contributed by atoms with E-state index in [0.717, 1.165) is 37.6 Å². The van der Waals surface area contributed by atoms with Gasteiger partial charge in [-0.15, -0.1) is 0 Å². The van der Waals surface area contributed by atoms with E-state index in [-0.39, 0.29) is 0 Å². The van der Waals surface area contributed by atoms with E-state index in [1.807, 2.05) is 0 Å². The Bertz CT molecular complexity index is 253. The normalized spacial score (nSPS) is 34.6. The van der Waals surface area contributed by atoms with E-state index in [0.29, 0.717) is 6.04 Å². The second-order valence-electron chi connectivity index (χ2n) is 6.54. The van der Waals surface area contributed by atoms with Crippen LogP contribution in [0.4, 0.5) is 0 Å². The highest BCUT2D eigenvalue weighted by Gasteiger charge is 2.31. The van der Waals surface area contributed by atoms with Crippen LogP contribution in [0.15, 0.2) is 0 Å². The zero-order chi connectivity index (χ0) is 13.7. The van der Waals surface area contributed by atoms with Gasteiger partial charge >= 0.3 is 0 Å². The Morgan fingerprint density at radius 1 is 1.32 bits per heavy atom. The van der Waals surface area contributed by atoms with E-state index < -0.39 is 0 Å². The maximum atomic E-state index is 5.60. The van der Waals surface area contributed by atoms with Gasteiger partial charge in [0.05, 0.1) is 6.61 Å². The molecule has 19 heavy (non-hydrogen) atoms. The number of ether oxygens (including phenoxy) is 1. The summed E-state index contributed by atoms with van der Waals surface area (Å²) < 4.78 is 5.60. The summed E-state index contributed by atoms with van der Waals surface area (Å²) in [7, 11) is 0. The molecule has 0 aromatic heterocycles. The zero-order valence-corrected chi connectivity index (χ0v) is 13.0. The fourth-order valence-electron chi connectivity index (χ4n) is 3.51. The molecule has 0 aromatic rings. The van der Waals surface area contributed by atoms with Crippen LogP contribution in [0.25, 0.3) is 0 Å².